The molecular formula is C15H20N6O. The second-order valence-corrected chi connectivity index (χ2v) is 5.51. The number of nitrogens with zero attached hydrogens (tertiary/aromatic N) is 4. The minimum absolute atomic E-state index is 0.0224. The lowest BCUT2D eigenvalue weighted by atomic mass is 10.2. The van der Waals surface area contributed by atoms with Crippen LogP contribution in [-0.4, -0.2) is 39.7 Å². The Labute approximate surface area is 129 Å². The molecule has 2 N–H and O–H groups in total. The Kier molecular flexibility index (Phi) is 4.43. The van der Waals surface area contributed by atoms with E-state index >= 15 is 0 Å². The fraction of sp³-hybridized carbons (Fsp3) is 0.467. The third-order valence-corrected chi connectivity index (χ3v) is 3.62. The highest BCUT2D eigenvalue weighted by Gasteiger charge is 2.28. The lowest BCUT2D eigenvalue weighted by Gasteiger charge is -2.07. The van der Waals surface area contributed by atoms with E-state index in [-0.39, 0.29) is 5.91 Å². The van der Waals surface area contributed by atoms with Crippen LogP contribution in [0.15, 0.2) is 24.3 Å². The first kappa shape index (κ1) is 14.6. The van der Waals surface area contributed by atoms with Crippen LogP contribution in [0.1, 0.15) is 31.7 Å². The average Bonchev–Trinajstić information content (AvgIpc) is 3.25. The van der Waals surface area contributed by atoms with Crippen LogP contribution in [0.2, 0.25) is 0 Å². The number of aromatic nitrogens is 4. The van der Waals surface area contributed by atoms with Gasteiger partial charge >= 0.3 is 0 Å². The van der Waals surface area contributed by atoms with Crippen molar-refractivity contribution in [1.29, 1.82) is 0 Å². The van der Waals surface area contributed by atoms with Crippen LogP contribution in [0.25, 0.3) is 11.4 Å². The van der Waals surface area contributed by atoms with Gasteiger partial charge in [-0.1, -0.05) is 12.1 Å². The van der Waals surface area contributed by atoms with Gasteiger partial charge in [0.15, 0.2) is 5.82 Å². The summed E-state index contributed by atoms with van der Waals surface area (Å²) in [6, 6.07) is 8.08. The quantitative estimate of drug-likeness (QED) is 0.759. The summed E-state index contributed by atoms with van der Waals surface area (Å²) in [6.07, 6.45) is 3.58. The number of hydrogen-bond acceptors (Lipinski definition) is 5. The van der Waals surface area contributed by atoms with E-state index in [1.807, 2.05) is 36.0 Å². The highest BCUT2D eigenvalue weighted by Crippen LogP contribution is 2.36. The summed E-state index contributed by atoms with van der Waals surface area (Å²) in [5, 5.41) is 17.9. The Balaban J connectivity index is 1.69. The molecule has 0 unspecified atom stereocenters. The van der Waals surface area contributed by atoms with Gasteiger partial charge in [0, 0.05) is 17.7 Å². The van der Waals surface area contributed by atoms with Crippen molar-refractivity contribution in [3.8, 4) is 11.4 Å². The van der Waals surface area contributed by atoms with Gasteiger partial charge in [0.1, 0.15) is 0 Å². The first-order valence-corrected chi connectivity index (χ1v) is 7.60. The molecule has 1 aromatic carbocycles. The summed E-state index contributed by atoms with van der Waals surface area (Å²) in [7, 11) is 1.88. The molecule has 0 aliphatic heterocycles. The standard InChI is InChI=1S/C15H20N6O/c1-16-9-3-6-14(22)17-12-5-2-4-11(10-12)15-18-19-20-21(15)13-7-8-13/h2,4-5,10,13,16H,3,6-9H2,1H3,(H,17,22). The number of nitrogens with one attached hydrogen (secondary N) is 2. The highest BCUT2D eigenvalue weighted by molar-refractivity contribution is 5.91. The lowest BCUT2D eigenvalue weighted by molar-refractivity contribution is -0.116. The Morgan fingerprint density at radius 1 is 1.41 bits per heavy atom. The Hall–Kier alpha value is -2.28. The number of anilines is 1. The van der Waals surface area contributed by atoms with E-state index in [1.54, 1.807) is 0 Å². The van der Waals surface area contributed by atoms with Crippen LogP contribution in [0.3, 0.4) is 0 Å². The molecule has 1 heterocycles. The molecule has 3 rings (SSSR count). The molecule has 1 saturated carbocycles. The molecule has 1 aliphatic rings. The second-order valence-electron chi connectivity index (χ2n) is 5.51. The first-order chi connectivity index (χ1) is 10.8. The minimum atomic E-state index is 0.0224. The van der Waals surface area contributed by atoms with Gasteiger partial charge < -0.3 is 10.6 Å². The van der Waals surface area contributed by atoms with Crippen LogP contribution < -0.4 is 10.6 Å². The van der Waals surface area contributed by atoms with Crippen molar-refractivity contribution in [1.82, 2.24) is 25.5 Å². The maximum Gasteiger partial charge on any atom is 0.224 e. The van der Waals surface area contributed by atoms with Gasteiger partial charge in [0.2, 0.25) is 5.91 Å². The molecule has 0 spiro atoms. The molecular weight excluding hydrogens is 280 g/mol. The van der Waals surface area contributed by atoms with E-state index in [0.717, 1.165) is 42.9 Å². The molecule has 0 radical (unpaired) electrons. The summed E-state index contributed by atoms with van der Waals surface area (Å²) >= 11 is 0. The van der Waals surface area contributed by atoms with E-state index in [9.17, 15) is 4.79 Å². The highest BCUT2D eigenvalue weighted by atomic mass is 16.1. The molecule has 116 valence electrons. The zero-order chi connectivity index (χ0) is 15.4. The van der Waals surface area contributed by atoms with Gasteiger partial charge in [-0.05, 0) is 55.4 Å². The van der Waals surface area contributed by atoms with Gasteiger partial charge in [-0.2, -0.15) is 0 Å². The van der Waals surface area contributed by atoms with Gasteiger partial charge in [-0.15, -0.1) is 5.10 Å². The van der Waals surface area contributed by atoms with Crippen molar-refractivity contribution in [2.24, 2.45) is 0 Å². The molecule has 2 aromatic rings. The summed E-state index contributed by atoms with van der Waals surface area (Å²) in [5.74, 6) is 0.781. The molecule has 0 atom stereocenters. The summed E-state index contributed by atoms with van der Waals surface area (Å²) in [4.78, 5) is 11.9. The number of benzene rings is 1. The average molecular weight is 300 g/mol. The van der Waals surface area contributed by atoms with E-state index in [1.165, 1.54) is 0 Å². The smallest absolute Gasteiger partial charge is 0.224 e. The van der Waals surface area contributed by atoms with Crippen molar-refractivity contribution in [2.75, 3.05) is 18.9 Å². The summed E-state index contributed by atoms with van der Waals surface area (Å²) < 4.78 is 1.87. The number of carbonyl (C=O) groups excluding carboxylic acids is 1. The Morgan fingerprint density at radius 3 is 3.05 bits per heavy atom. The zero-order valence-electron chi connectivity index (χ0n) is 12.6. The third kappa shape index (κ3) is 3.48. The zero-order valence-corrected chi connectivity index (χ0v) is 12.6. The minimum Gasteiger partial charge on any atom is -0.326 e. The van der Waals surface area contributed by atoms with Crippen LogP contribution in [-0.2, 0) is 4.79 Å². The molecule has 0 bridgehead atoms. The van der Waals surface area contributed by atoms with Crippen molar-refractivity contribution in [3.05, 3.63) is 24.3 Å². The number of carbonyl (C=O) groups is 1. The van der Waals surface area contributed by atoms with Crippen molar-refractivity contribution < 1.29 is 4.79 Å². The molecule has 1 fully saturated rings. The van der Waals surface area contributed by atoms with E-state index < -0.39 is 0 Å². The number of hydrogen-bond donors (Lipinski definition) is 2. The Morgan fingerprint density at radius 2 is 2.27 bits per heavy atom. The van der Waals surface area contributed by atoms with Crippen molar-refractivity contribution in [3.63, 3.8) is 0 Å². The molecule has 0 saturated heterocycles. The van der Waals surface area contributed by atoms with Gasteiger partial charge in [0.25, 0.3) is 0 Å². The SMILES string of the molecule is CNCCCC(=O)Nc1cccc(-c2nnnn2C2CC2)c1. The largest absolute Gasteiger partial charge is 0.326 e. The molecule has 1 amide bonds. The molecule has 7 heteroatoms. The normalized spacial score (nSPS) is 14.0. The molecule has 22 heavy (non-hydrogen) atoms. The van der Waals surface area contributed by atoms with Crippen LogP contribution in [0.4, 0.5) is 5.69 Å². The topological polar surface area (TPSA) is 84.7 Å². The second kappa shape index (κ2) is 6.65. The van der Waals surface area contributed by atoms with Crippen LogP contribution in [0.5, 0.6) is 0 Å². The molecule has 1 aromatic heterocycles. The van der Waals surface area contributed by atoms with Gasteiger partial charge in [-0.25, -0.2) is 4.68 Å². The fourth-order valence-electron chi connectivity index (χ4n) is 2.33. The summed E-state index contributed by atoms with van der Waals surface area (Å²) in [5.41, 5.74) is 1.70. The molecule has 1 aliphatic carbocycles. The molecule has 7 nitrogen and oxygen atoms in total. The van der Waals surface area contributed by atoms with Crippen LogP contribution in [0, 0.1) is 0 Å². The maximum atomic E-state index is 11.9. The van der Waals surface area contributed by atoms with Gasteiger partial charge in [0.05, 0.1) is 6.04 Å². The number of rotatable bonds is 7. The number of amides is 1. The lowest BCUT2D eigenvalue weighted by Crippen LogP contribution is -2.15. The van der Waals surface area contributed by atoms with Crippen LogP contribution >= 0.6 is 0 Å². The third-order valence-electron chi connectivity index (χ3n) is 3.62. The predicted molar refractivity (Wildman–Crippen MR) is 83.3 cm³/mol. The van der Waals surface area contributed by atoms with Gasteiger partial charge in [-0.3, -0.25) is 4.79 Å². The number of tetrazole rings is 1. The maximum absolute atomic E-state index is 11.9. The Bertz CT molecular complexity index is 649. The monoisotopic (exact) mass is 300 g/mol. The van der Waals surface area contributed by atoms with Crippen molar-refractivity contribution >= 4 is 11.6 Å². The van der Waals surface area contributed by atoms with E-state index in [4.69, 9.17) is 0 Å². The van der Waals surface area contributed by atoms with E-state index in [0.29, 0.717) is 12.5 Å². The fourth-order valence-corrected chi connectivity index (χ4v) is 2.33. The summed E-state index contributed by atoms with van der Waals surface area (Å²) in [6.45, 7) is 0.837. The first-order valence-electron chi connectivity index (χ1n) is 7.60. The predicted octanol–water partition coefficient (Wildman–Crippen LogP) is 1.61. The van der Waals surface area contributed by atoms with Crippen molar-refractivity contribution in [2.45, 2.75) is 31.7 Å². The van der Waals surface area contributed by atoms with E-state index in [2.05, 4.69) is 26.2 Å².